The number of nitrogens with zero attached hydrogens (tertiary/aromatic N) is 1. The van der Waals surface area contributed by atoms with Crippen molar-refractivity contribution in [3.05, 3.63) is 23.7 Å². The second kappa shape index (κ2) is 6.38. The fraction of sp³-hybridized carbons (Fsp3) is 0.583. The summed E-state index contributed by atoms with van der Waals surface area (Å²) in [6.07, 6.45) is 1.50. The normalized spacial score (nSPS) is 20.3. The number of rotatable bonds is 6. The van der Waals surface area contributed by atoms with Crippen LogP contribution in [0.4, 0.5) is 8.78 Å². The van der Waals surface area contributed by atoms with E-state index >= 15 is 0 Å². The Morgan fingerprint density at radius 3 is 2.95 bits per heavy atom. The van der Waals surface area contributed by atoms with Crippen molar-refractivity contribution in [1.82, 2.24) is 4.90 Å². The zero-order chi connectivity index (χ0) is 13.8. The zero-order valence-electron chi connectivity index (χ0n) is 10.2. The molecule has 0 unspecified atom stereocenters. The van der Waals surface area contributed by atoms with Gasteiger partial charge >= 0.3 is 5.97 Å². The maximum Gasteiger partial charge on any atom is 0.320 e. The maximum absolute atomic E-state index is 12.0. The molecular weight excluding hydrogens is 276 g/mol. The number of carboxylic acids is 1. The zero-order valence-corrected chi connectivity index (χ0v) is 11.0. The molecule has 1 aromatic heterocycles. The minimum absolute atomic E-state index is 0.125. The average Bonchev–Trinajstić information content (AvgIpc) is 2.96. The van der Waals surface area contributed by atoms with Crippen LogP contribution in [0.15, 0.2) is 16.5 Å². The van der Waals surface area contributed by atoms with Gasteiger partial charge in [0.05, 0.1) is 12.3 Å². The largest absolute Gasteiger partial charge is 0.480 e. The number of halogens is 2. The van der Waals surface area contributed by atoms with Crippen molar-refractivity contribution < 1.29 is 23.1 Å². The summed E-state index contributed by atoms with van der Waals surface area (Å²) < 4.78 is 29.5. The van der Waals surface area contributed by atoms with E-state index in [1.807, 2.05) is 4.90 Å². The Morgan fingerprint density at radius 1 is 1.53 bits per heavy atom. The lowest BCUT2D eigenvalue weighted by atomic mass is 10.2. The fourth-order valence-corrected chi connectivity index (χ4v) is 2.67. The number of carboxylic acid groups (broad SMARTS) is 1. The van der Waals surface area contributed by atoms with E-state index < -0.39 is 17.8 Å². The van der Waals surface area contributed by atoms with Crippen LogP contribution in [-0.4, -0.2) is 34.3 Å². The second-order valence-corrected chi connectivity index (χ2v) is 5.38. The van der Waals surface area contributed by atoms with E-state index in [4.69, 9.17) is 9.52 Å². The third kappa shape index (κ3) is 3.94. The van der Waals surface area contributed by atoms with Crippen LogP contribution < -0.4 is 0 Å². The summed E-state index contributed by atoms with van der Waals surface area (Å²) in [6.45, 7) is 1.13. The lowest BCUT2D eigenvalue weighted by Gasteiger charge is -2.19. The van der Waals surface area contributed by atoms with E-state index in [1.165, 1.54) is 0 Å². The van der Waals surface area contributed by atoms with Crippen molar-refractivity contribution in [2.45, 2.75) is 36.9 Å². The van der Waals surface area contributed by atoms with Crippen LogP contribution in [0.25, 0.3) is 0 Å². The average molecular weight is 291 g/mol. The van der Waals surface area contributed by atoms with Crippen molar-refractivity contribution in [3.8, 4) is 0 Å². The number of aliphatic carboxylic acids is 1. The van der Waals surface area contributed by atoms with Gasteiger partial charge in [0.1, 0.15) is 17.6 Å². The molecule has 19 heavy (non-hydrogen) atoms. The molecule has 0 aliphatic carbocycles. The summed E-state index contributed by atoms with van der Waals surface area (Å²) >= 11 is 0.511. The van der Waals surface area contributed by atoms with Gasteiger partial charge in [-0.2, -0.15) is 8.78 Å². The van der Waals surface area contributed by atoms with Crippen molar-refractivity contribution in [2.75, 3.05) is 6.54 Å². The minimum atomic E-state index is -2.41. The first-order chi connectivity index (χ1) is 9.06. The van der Waals surface area contributed by atoms with Gasteiger partial charge < -0.3 is 9.52 Å². The third-order valence-electron chi connectivity index (χ3n) is 3.08. The van der Waals surface area contributed by atoms with Gasteiger partial charge in [-0.15, -0.1) is 0 Å². The number of thioether (sulfide) groups is 1. The highest BCUT2D eigenvalue weighted by molar-refractivity contribution is 7.98. The molecule has 1 aliphatic rings. The Bertz CT molecular complexity index is 438. The van der Waals surface area contributed by atoms with Crippen LogP contribution >= 0.6 is 11.8 Å². The number of alkyl halides is 2. The Hall–Kier alpha value is -1.08. The standard InChI is InChI=1S/C12H15F2NO3S/c13-12(14)19-7-9-4-3-8(18-9)6-15-5-1-2-10(15)11(16)17/h3-4,10,12H,1-2,5-7H2,(H,16,17)/t10-/m0/s1. The highest BCUT2D eigenvalue weighted by atomic mass is 32.2. The van der Waals surface area contributed by atoms with Crippen molar-refractivity contribution in [2.24, 2.45) is 0 Å². The number of likely N-dealkylation sites (tertiary alicyclic amines) is 1. The number of hydrogen-bond acceptors (Lipinski definition) is 4. The second-order valence-electron chi connectivity index (χ2n) is 4.41. The van der Waals surface area contributed by atoms with Crippen LogP contribution in [0.1, 0.15) is 24.4 Å². The first-order valence-electron chi connectivity index (χ1n) is 6.00. The van der Waals surface area contributed by atoms with E-state index in [0.717, 1.165) is 13.0 Å². The molecule has 0 saturated carbocycles. The molecule has 2 heterocycles. The van der Waals surface area contributed by atoms with E-state index in [0.29, 0.717) is 36.2 Å². The van der Waals surface area contributed by atoms with Gasteiger partial charge in [-0.25, -0.2) is 0 Å². The smallest absolute Gasteiger partial charge is 0.320 e. The number of furan rings is 1. The van der Waals surface area contributed by atoms with Crippen LogP contribution in [0.5, 0.6) is 0 Å². The van der Waals surface area contributed by atoms with E-state index in [-0.39, 0.29) is 5.75 Å². The van der Waals surface area contributed by atoms with Crippen LogP contribution in [-0.2, 0) is 17.1 Å². The van der Waals surface area contributed by atoms with Crippen LogP contribution in [0, 0.1) is 0 Å². The van der Waals surface area contributed by atoms with E-state index in [9.17, 15) is 13.6 Å². The highest BCUT2D eigenvalue weighted by Gasteiger charge is 2.30. The molecule has 2 rings (SSSR count). The summed E-state index contributed by atoms with van der Waals surface area (Å²) in [4.78, 5) is 12.9. The van der Waals surface area contributed by atoms with Gasteiger partial charge in [0.25, 0.3) is 5.76 Å². The molecule has 106 valence electrons. The fourth-order valence-electron chi connectivity index (χ4n) is 2.23. The van der Waals surface area contributed by atoms with Crippen molar-refractivity contribution in [1.29, 1.82) is 0 Å². The molecular formula is C12H15F2NO3S. The van der Waals surface area contributed by atoms with Crippen LogP contribution in [0.2, 0.25) is 0 Å². The minimum Gasteiger partial charge on any atom is -0.480 e. The number of hydrogen-bond donors (Lipinski definition) is 1. The summed E-state index contributed by atoms with van der Waals surface area (Å²) in [5.74, 6) is -1.99. The van der Waals surface area contributed by atoms with Gasteiger partial charge in [0.15, 0.2) is 0 Å². The molecule has 7 heteroatoms. The van der Waals surface area contributed by atoms with Gasteiger partial charge in [-0.1, -0.05) is 11.8 Å². The quantitative estimate of drug-likeness (QED) is 0.873. The topological polar surface area (TPSA) is 53.7 Å². The Labute approximate surface area is 113 Å². The van der Waals surface area contributed by atoms with Gasteiger partial charge in [-0.05, 0) is 31.5 Å². The van der Waals surface area contributed by atoms with Crippen molar-refractivity contribution >= 4 is 17.7 Å². The summed E-state index contributed by atoms with van der Waals surface area (Å²) in [6, 6.07) is 2.92. The Balaban J connectivity index is 1.90. The Morgan fingerprint density at radius 2 is 2.26 bits per heavy atom. The Kier molecular flexibility index (Phi) is 4.81. The predicted octanol–water partition coefficient (Wildman–Crippen LogP) is 2.78. The molecule has 1 atom stereocenters. The maximum atomic E-state index is 12.0. The molecule has 1 aliphatic heterocycles. The van der Waals surface area contributed by atoms with Crippen LogP contribution in [0.3, 0.4) is 0 Å². The van der Waals surface area contributed by atoms with Gasteiger partial charge in [0, 0.05) is 0 Å². The first-order valence-corrected chi connectivity index (χ1v) is 7.05. The molecule has 0 spiro atoms. The predicted molar refractivity (Wildman–Crippen MR) is 67.1 cm³/mol. The van der Waals surface area contributed by atoms with E-state index in [1.54, 1.807) is 12.1 Å². The lowest BCUT2D eigenvalue weighted by Crippen LogP contribution is -2.35. The molecule has 1 fully saturated rings. The SMILES string of the molecule is O=C(O)[C@@H]1CCCN1Cc1ccc(CSC(F)F)o1. The molecule has 1 aromatic rings. The van der Waals surface area contributed by atoms with Gasteiger partial charge in [0.2, 0.25) is 0 Å². The van der Waals surface area contributed by atoms with Gasteiger partial charge in [-0.3, -0.25) is 9.69 Å². The molecule has 4 nitrogen and oxygen atoms in total. The molecule has 0 aromatic carbocycles. The third-order valence-corrected chi connectivity index (χ3v) is 3.78. The molecule has 0 radical (unpaired) electrons. The summed E-state index contributed by atoms with van der Waals surface area (Å²) in [5.41, 5.74) is 0. The number of carbonyl (C=O) groups is 1. The molecule has 0 bridgehead atoms. The summed E-state index contributed by atoms with van der Waals surface area (Å²) in [7, 11) is 0. The lowest BCUT2D eigenvalue weighted by molar-refractivity contribution is -0.142. The summed E-state index contributed by atoms with van der Waals surface area (Å²) in [5, 5.41) is 9.05. The highest BCUT2D eigenvalue weighted by Crippen LogP contribution is 2.24. The van der Waals surface area contributed by atoms with Crippen molar-refractivity contribution in [3.63, 3.8) is 0 Å². The monoisotopic (exact) mass is 291 g/mol. The molecule has 1 N–H and O–H groups in total. The van der Waals surface area contributed by atoms with E-state index in [2.05, 4.69) is 0 Å². The molecule has 0 amide bonds. The first kappa shape index (κ1) is 14.3. The molecule has 1 saturated heterocycles.